The molecule has 2 N–H and O–H groups in total. The zero-order valence-electron chi connectivity index (χ0n) is 14.9. The number of rotatable bonds is 5. The molecule has 0 unspecified atom stereocenters. The molecule has 0 amide bonds. The monoisotopic (exact) mass is 323 g/mol. The van der Waals surface area contributed by atoms with Crippen molar-refractivity contribution in [3.63, 3.8) is 0 Å². The van der Waals surface area contributed by atoms with E-state index >= 15 is 0 Å². The number of ether oxygens (including phenoxy) is 1. The molecule has 4 heteroatoms. The molecule has 0 atom stereocenters. The fraction of sp³-hybridized carbons (Fsp3) is 0.350. The van der Waals surface area contributed by atoms with Gasteiger partial charge in [-0.1, -0.05) is 12.1 Å². The van der Waals surface area contributed by atoms with Crippen LogP contribution >= 0.6 is 0 Å². The van der Waals surface area contributed by atoms with Gasteiger partial charge < -0.3 is 15.0 Å². The van der Waals surface area contributed by atoms with Crippen molar-refractivity contribution in [1.29, 1.82) is 0 Å². The Labute approximate surface area is 143 Å². The highest BCUT2D eigenvalue weighted by Gasteiger charge is 2.13. The van der Waals surface area contributed by atoms with Gasteiger partial charge in [-0.3, -0.25) is 0 Å². The van der Waals surface area contributed by atoms with E-state index in [0.29, 0.717) is 13.2 Å². The van der Waals surface area contributed by atoms with Crippen LogP contribution in [0.1, 0.15) is 28.1 Å². The average Bonchev–Trinajstić information content (AvgIpc) is 2.86. The van der Waals surface area contributed by atoms with Crippen LogP contribution in [0.2, 0.25) is 0 Å². The van der Waals surface area contributed by atoms with Gasteiger partial charge in [0.15, 0.2) is 0 Å². The van der Waals surface area contributed by atoms with Gasteiger partial charge in [0.1, 0.15) is 18.2 Å². The van der Waals surface area contributed by atoms with Crippen molar-refractivity contribution in [3.8, 4) is 5.75 Å². The van der Waals surface area contributed by atoms with Crippen molar-refractivity contribution in [2.45, 2.75) is 40.8 Å². The molecule has 4 nitrogen and oxygen atoms in total. The number of benzene rings is 2. The summed E-state index contributed by atoms with van der Waals surface area (Å²) in [5, 5.41) is 0. The molecule has 0 aliphatic rings. The molecular formula is C20H25N3O. The van der Waals surface area contributed by atoms with E-state index in [9.17, 15) is 0 Å². The number of nitrogens with two attached hydrogens (primary N) is 1. The molecular weight excluding hydrogens is 298 g/mol. The first-order valence-electron chi connectivity index (χ1n) is 8.36. The summed E-state index contributed by atoms with van der Waals surface area (Å²) in [5.41, 5.74) is 12.8. The lowest BCUT2D eigenvalue weighted by atomic mass is 10.1. The maximum atomic E-state index is 6.06. The van der Waals surface area contributed by atoms with E-state index in [0.717, 1.165) is 34.7 Å². The van der Waals surface area contributed by atoms with E-state index in [1.165, 1.54) is 16.7 Å². The average molecular weight is 323 g/mol. The first-order chi connectivity index (χ1) is 11.5. The second kappa shape index (κ2) is 6.65. The standard InChI is InChI=1S/C20H25N3O/c1-13-5-6-14(2)19(9-13)24-12-20-22-17-10-15(3)16(4)11-18(17)23(20)8-7-21/h5-6,9-11H,7-8,12,21H2,1-4H3. The van der Waals surface area contributed by atoms with Crippen LogP contribution in [-0.4, -0.2) is 16.1 Å². The third-order valence-corrected chi connectivity index (χ3v) is 4.50. The topological polar surface area (TPSA) is 53.1 Å². The molecule has 1 aromatic heterocycles. The Kier molecular flexibility index (Phi) is 4.58. The highest BCUT2D eigenvalue weighted by molar-refractivity contribution is 5.78. The van der Waals surface area contributed by atoms with E-state index in [2.05, 4.69) is 62.6 Å². The number of fused-ring (bicyclic) bond motifs is 1. The summed E-state index contributed by atoms with van der Waals surface area (Å²) in [5.74, 6) is 1.83. The van der Waals surface area contributed by atoms with Gasteiger partial charge in [-0.25, -0.2) is 4.98 Å². The number of hydrogen-bond donors (Lipinski definition) is 1. The second-order valence-electron chi connectivity index (χ2n) is 6.45. The van der Waals surface area contributed by atoms with E-state index in [1.807, 2.05) is 0 Å². The summed E-state index contributed by atoms with van der Waals surface area (Å²) in [6, 6.07) is 10.6. The van der Waals surface area contributed by atoms with E-state index < -0.39 is 0 Å². The molecule has 0 saturated heterocycles. The molecule has 3 rings (SSSR count). The molecule has 0 saturated carbocycles. The quantitative estimate of drug-likeness (QED) is 0.777. The third kappa shape index (κ3) is 3.15. The lowest BCUT2D eigenvalue weighted by Gasteiger charge is -2.12. The number of hydrogen-bond acceptors (Lipinski definition) is 3. The lowest BCUT2D eigenvalue weighted by Crippen LogP contribution is -2.14. The van der Waals surface area contributed by atoms with Gasteiger partial charge in [0, 0.05) is 13.1 Å². The van der Waals surface area contributed by atoms with Crippen LogP contribution in [-0.2, 0) is 13.2 Å². The molecule has 0 fully saturated rings. The first kappa shape index (κ1) is 16.5. The molecule has 2 aromatic carbocycles. The van der Waals surface area contributed by atoms with Crippen LogP contribution in [0.25, 0.3) is 11.0 Å². The smallest absolute Gasteiger partial charge is 0.148 e. The van der Waals surface area contributed by atoms with Crippen molar-refractivity contribution < 1.29 is 4.74 Å². The van der Waals surface area contributed by atoms with Crippen molar-refractivity contribution in [2.75, 3.05) is 6.54 Å². The maximum Gasteiger partial charge on any atom is 0.148 e. The van der Waals surface area contributed by atoms with Crippen molar-refractivity contribution in [1.82, 2.24) is 9.55 Å². The Bertz CT molecular complexity index is 880. The van der Waals surface area contributed by atoms with E-state index in [1.54, 1.807) is 0 Å². The largest absolute Gasteiger partial charge is 0.485 e. The number of aryl methyl sites for hydroxylation is 4. The van der Waals surface area contributed by atoms with Crippen LogP contribution in [0, 0.1) is 27.7 Å². The molecule has 0 aliphatic carbocycles. The lowest BCUT2D eigenvalue weighted by molar-refractivity contribution is 0.288. The van der Waals surface area contributed by atoms with Crippen molar-refractivity contribution in [3.05, 3.63) is 58.4 Å². The number of imidazole rings is 1. The minimum Gasteiger partial charge on any atom is -0.485 e. The Morgan fingerprint density at radius 3 is 2.50 bits per heavy atom. The fourth-order valence-electron chi connectivity index (χ4n) is 2.92. The van der Waals surface area contributed by atoms with Crippen LogP contribution in [0.4, 0.5) is 0 Å². The SMILES string of the molecule is Cc1ccc(C)c(OCc2nc3cc(C)c(C)cc3n2CCN)c1. The summed E-state index contributed by atoms with van der Waals surface area (Å²) in [6.07, 6.45) is 0. The van der Waals surface area contributed by atoms with Gasteiger partial charge in [-0.2, -0.15) is 0 Å². The predicted octanol–water partition coefficient (Wildman–Crippen LogP) is 3.81. The highest BCUT2D eigenvalue weighted by Crippen LogP contribution is 2.23. The van der Waals surface area contributed by atoms with Crippen molar-refractivity contribution in [2.24, 2.45) is 5.73 Å². The minimum absolute atomic E-state index is 0.442. The molecule has 0 spiro atoms. The van der Waals surface area contributed by atoms with E-state index in [-0.39, 0.29) is 0 Å². The van der Waals surface area contributed by atoms with Gasteiger partial charge in [-0.05, 0) is 68.1 Å². The Morgan fingerprint density at radius 2 is 1.75 bits per heavy atom. The Morgan fingerprint density at radius 1 is 1.00 bits per heavy atom. The Balaban J connectivity index is 1.96. The van der Waals surface area contributed by atoms with Gasteiger partial charge in [0.25, 0.3) is 0 Å². The first-order valence-corrected chi connectivity index (χ1v) is 8.36. The normalized spacial score (nSPS) is 11.2. The molecule has 3 aromatic rings. The van der Waals surface area contributed by atoms with Crippen molar-refractivity contribution >= 4 is 11.0 Å². The van der Waals surface area contributed by atoms with Gasteiger partial charge in [0.05, 0.1) is 11.0 Å². The van der Waals surface area contributed by atoms with E-state index in [4.69, 9.17) is 15.5 Å². The van der Waals surface area contributed by atoms with Crippen LogP contribution in [0.5, 0.6) is 5.75 Å². The predicted molar refractivity (Wildman–Crippen MR) is 98.5 cm³/mol. The maximum absolute atomic E-state index is 6.06. The van der Waals surface area contributed by atoms with Crippen LogP contribution in [0.15, 0.2) is 30.3 Å². The van der Waals surface area contributed by atoms with Gasteiger partial charge >= 0.3 is 0 Å². The highest BCUT2D eigenvalue weighted by atomic mass is 16.5. The third-order valence-electron chi connectivity index (χ3n) is 4.50. The second-order valence-corrected chi connectivity index (χ2v) is 6.45. The summed E-state index contributed by atoms with van der Waals surface area (Å²) in [4.78, 5) is 4.78. The molecule has 0 radical (unpaired) electrons. The fourth-order valence-corrected chi connectivity index (χ4v) is 2.92. The summed E-state index contributed by atoms with van der Waals surface area (Å²) >= 11 is 0. The van der Waals surface area contributed by atoms with Crippen LogP contribution < -0.4 is 10.5 Å². The zero-order valence-corrected chi connectivity index (χ0v) is 14.9. The summed E-state index contributed by atoms with van der Waals surface area (Å²) in [6.45, 7) is 10.1. The van der Waals surface area contributed by atoms with Gasteiger partial charge in [-0.15, -0.1) is 0 Å². The summed E-state index contributed by atoms with van der Waals surface area (Å²) < 4.78 is 8.23. The zero-order chi connectivity index (χ0) is 17.3. The van der Waals surface area contributed by atoms with Crippen LogP contribution in [0.3, 0.4) is 0 Å². The Hall–Kier alpha value is -2.33. The molecule has 1 heterocycles. The minimum atomic E-state index is 0.442. The number of aromatic nitrogens is 2. The summed E-state index contributed by atoms with van der Waals surface area (Å²) in [7, 11) is 0. The molecule has 126 valence electrons. The molecule has 0 bridgehead atoms. The molecule has 24 heavy (non-hydrogen) atoms. The molecule has 0 aliphatic heterocycles. The number of nitrogens with zero attached hydrogens (tertiary/aromatic N) is 2. The van der Waals surface area contributed by atoms with Gasteiger partial charge in [0.2, 0.25) is 0 Å².